The molecule has 10 nitrogen and oxygen atoms in total. The van der Waals surface area contributed by atoms with Gasteiger partial charge in [0.15, 0.2) is 32.1 Å². The molecule has 0 aromatic carbocycles. The normalized spacial score (nSPS) is 25.8. The first kappa shape index (κ1) is 23.1. The van der Waals surface area contributed by atoms with Gasteiger partial charge in [0.25, 0.3) is 5.56 Å². The first-order valence-electron chi connectivity index (χ1n) is 9.38. The van der Waals surface area contributed by atoms with E-state index in [9.17, 15) is 23.7 Å². The van der Waals surface area contributed by atoms with Crippen LogP contribution >= 0.6 is 8.25 Å². The molecular formula is C17H26FN3O7PSi+. The van der Waals surface area contributed by atoms with Crippen LogP contribution in [0.5, 0.6) is 0 Å². The van der Waals surface area contributed by atoms with Gasteiger partial charge in [0.05, 0.1) is 12.9 Å². The lowest BCUT2D eigenvalue weighted by Gasteiger charge is -2.40. The van der Waals surface area contributed by atoms with Gasteiger partial charge in [-0.3, -0.25) is 4.79 Å². The van der Waals surface area contributed by atoms with Gasteiger partial charge in [-0.1, -0.05) is 20.8 Å². The number of aliphatic hydroxyl groups is 1. The molecular weight excluding hydrogens is 436 g/mol. The number of halogens is 1. The van der Waals surface area contributed by atoms with Crippen LogP contribution in [-0.2, 0) is 18.3 Å². The Bertz CT molecular complexity index is 1010. The van der Waals surface area contributed by atoms with E-state index >= 15 is 0 Å². The molecule has 1 saturated heterocycles. The molecule has 1 aliphatic rings. The average molecular weight is 462 g/mol. The van der Waals surface area contributed by atoms with Gasteiger partial charge in [0.2, 0.25) is 0 Å². The van der Waals surface area contributed by atoms with Crippen LogP contribution in [0.3, 0.4) is 0 Å². The largest absolute Gasteiger partial charge is 0.695 e. The molecule has 13 heteroatoms. The minimum Gasteiger partial charge on any atom is -0.406 e. The zero-order valence-electron chi connectivity index (χ0n) is 17.3. The second kappa shape index (κ2) is 8.19. The fourth-order valence-corrected chi connectivity index (χ4v) is 4.94. The van der Waals surface area contributed by atoms with Crippen LogP contribution in [-0.4, -0.2) is 57.8 Å². The third-order valence-corrected chi connectivity index (χ3v) is 10.7. The zero-order valence-corrected chi connectivity index (χ0v) is 19.2. The second-order valence-corrected chi connectivity index (χ2v) is 14.2. The van der Waals surface area contributed by atoms with Gasteiger partial charge in [-0.05, 0) is 18.1 Å². The Morgan fingerprint density at radius 1 is 1.40 bits per heavy atom. The number of nitrogens with zero attached hydrogens (tertiary/aromatic N) is 2. The number of nitrogens with one attached hydrogen (secondary N) is 1. The molecule has 30 heavy (non-hydrogen) atoms. The molecule has 1 unspecified atom stereocenters. The lowest BCUT2D eigenvalue weighted by atomic mass is 10.1. The van der Waals surface area contributed by atoms with Gasteiger partial charge in [-0.25, -0.2) is 9.37 Å². The molecule has 3 rings (SSSR count). The van der Waals surface area contributed by atoms with Crippen molar-refractivity contribution in [2.24, 2.45) is 0 Å². The highest BCUT2D eigenvalue weighted by Crippen LogP contribution is 2.44. The standard InChI is InChI=1S/C17H25FN3O7PSi/c1-17(2,3)30(4,5)28-13-12(27-29(24)25)10(7-22)26-16(13)21-6-9(18)11-14(21)19-8-20-15(11)23/h6,8,10,12-13,16,22H,7H2,1-5H3,(H-,19,20,23,24,25)/p+1/t10-,12-,13-,16-/m1/s1. The molecule has 5 atom stereocenters. The van der Waals surface area contributed by atoms with Crippen LogP contribution in [0.4, 0.5) is 4.39 Å². The summed E-state index contributed by atoms with van der Waals surface area (Å²) < 4.78 is 44.8. The highest BCUT2D eigenvalue weighted by molar-refractivity contribution is 7.32. The van der Waals surface area contributed by atoms with Crippen LogP contribution in [0.15, 0.2) is 17.3 Å². The van der Waals surface area contributed by atoms with Gasteiger partial charge in [-0.2, -0.15) is 0 Å². The Morgan fingerprint density at radius 3 is 2.63 bits per heavy atom. The average Bonchev–Trinajstić information content (AvgIpc) is 3.12. The maximum atomic E-state index is 14.5. The number of fused-ring (bicyclic) bond motifs is 1. The van der Waals surface area contributed by atoms with Crippen molar-refractivity contribution in [3.8, 4) is 0 Å². The number of H-pyrrole nitrogens is 1. The first-order chi connectivity index (χ1) is 13.9. The Morgan fingerprint density at radius 2 is 2.07 bits per heavy atom. The third kappa shape index (κ3) is 4.13. The van der Waals surface area contributed by atoms with Crippen molar-refractivity contribution in [1.82, 2.24) is 14.5 Å². The lowest BCUT2D eigenvalue weighted by molar-refractivity contribution is -0.0486. The Labute approximate surface area is 174 Å². The Kier molecular flexibility index (Phi) is 6.32. The topological polar surface area (TPSA) is 136 Å². The van der Waals surface area contributed by atoms with Gasteiger partial charge in [0.1, 0.15) is 17.6 Å². The highest BCUT2D eigenvalue weighted by Gasteiger charge is 2.54. The number of aromatic nitrogens is 3. The monoisotopic (exact) mass is 462 g/mol. The fourth-order valence-electron chi connectivity index (χ4n) is 3.20. The van der Waals surface area contributed by atoms with E-state index in [2.05, 4.69) is 9.97 Å². The predicted molar refractivity (Wildman–Crippen MR) is 108 cm³/mol. The van der Waals surface area contributed by atoms with Crippen molar-refractivity contribution < 1.29 is 32.6 Å². The fraction of sp³-hybridized carbons (Fsp3) is 0.647. The van der Waals surface area contributed by atoms with Gasteiger partial charge in [0, 0.05) is 10.8 Å². The molecule has 0 bridgehead atoms. The number of hydrogen-bond acceptors (Lipinski definition) is 7. The Balaban J connectivity index is 2.13. The van der Waals surface area contributed by atoms with Gasteiger partial charge in [-0.15, -0.1) is 9.42 Å². The number of hydrogen-bond donors (Lipinski definition) is 3. The molecule has 3 N–H and O–H groups in total. The number of rotatable bonds is 6. The van der Waals surface area contributed by atoms with Crippen LogP contribution in [0, 0.1) is 5.82 Å². The first-order valence-corrected chi connectivity index (χ1v) is 13.4. The van der Waals surface area contributed by atoms with Crippen molar-refractivity contribution in [2.75, 3.05) is 6.61 Å². The summed E-state index contributed by atoms with van der Waals surface area (Å²) in [7, 11) is -5.49. The van der Waals surface area contributed by atoms with Crippen molar-refractivity contribution in [3.05, 3.63) is 28.7 Å². The maximum Gasteiger partial charge on any atom is 0.695 e. The summed E-state index contributed by atoms with van der Waals surface area (Å²) in [5, 5.41) is 9.31. The van der Waals surface area contributed by atoms with Crippen LogP contribution in [0.25, 0.3) is 11.0 Å². The quantitative estimate of drug-likeness (QED) is 0.439. The molecule has 2 aromatic heterocycles. The predicted octanol–water partition coefficient (Wildman–Crippen LogP) is 2.18. The van der Waals surface area contributed by atoms with E-state index in [-0.39, 0.29) is 16.1 Å². The van der Waals surface area contributed by atoms with Gasteiger partial charge < -0.3 is 23.8 Å². The molecule has 0 spiro atoms. The second-order valence-electron chi connectivity index (χ2n) is 8.71. The van der Waals surface area contributed by atoms with Crippen molar-refractivity contribution in [2.45, 2.75) is 63.4 Å². The SMILES string of the molecule is CC(C)(C)[Si](C)(C)O[C@@H]1[C@H](O[P+](=O)O)[C@@H](CO)O[C@H]1n1cc(F)c2c(=O)[nH]cnc21. The summed E-state index contributed by atoms with van der Waals surface area (Å²) in [6.07, 6.45) is -1.89. The lowest BCUT2D eigenvalue weighted by Crippen LogP contribution is -2.49. The smallest absolute Gasteiger partial charge is 0.406 e. The summed E-state index contributed by atoms with van der Waals surface area (Å²) in [6, 6.07) is 0. The van der Waals surface area contributed by atoms with E-state index in [4.69, 9.17) is 13.7 Å². The van der Waals surface area contributed by atoms with Crippen molar-refractivity contribution >= 4 is 27.6 Å². The summed E-state index contributed by atoms with van der Waals surface area (Å²) >= 11 is 0. The summed E-state index contributed by atoms with van der Waals surface area (Å²) in [5.74, 6) is -0.799. The van der Waals surface area contributed by atoms with Crippen LogP contribution < -0.4 is 5.56 Å². The summed E-state index contributed by atoms with van der Waals surface area (Å²) in [6.45, 7) is 9.48. The Hall–Kier alpha value is -1.53. The summed E-state index contributed by atoms with van der Waals surface area (Å²) in [4.78, 5) is 27.8. The zero-order chi connectivity index (χ0) is 22.4. The summed E-state index contributed by atoms with van der Waals surface area (Å²) in [5.41, 5.74) is -0.628. The highest BCUT2D eigenvalue weighted by atomic mass is 31.1. The van der Waals surface area contributed by atoms with Gasteiger partial charge >= 0.3 is 8.25 Å². The molecule has 0 amide bonds. The molecule has 0 saturated carbocycles. The van der Waals surface area contributed by atoms with Crippen molar-refractivity contribution in [3.63, 3.8) is 0 Å². The van der Waals surface area contributed by atoms with Crippen LogP contribution in [0.2, 0.25) is 18.1 Å². The molecule has 1 fully saturated rings. The molecule has 0 aliphatic carbocycles. The van der Waals surface area contributed by atoms with E-state index in [1.165, 1.54) is 4.57 Å². The molecule has 1 aliphatic heterocycles. The number of aliphatic hydroxyl groups excluding tert-OH is 1. The molecule has 166 valence electrons. The maximum absolute atomic E-state index is 14.5. The van der Waals surface area contributed by atoms with E-state index in [1.807, 2.05) is 33.9 Å². The van der Waals surface area contributed by atoms with Crippen LogP contribution in [0.1, 0.15) is 27.0 Å². The molecule has 3 heterocycles. The minimum atomic E-state index is -3.02. The number of aromatic amines is 1. The van der Waals surface area contributed by atoms with E-state index in [0.29, 0.717) is 0 Å². The van der Waals surface area contributed by atoms with E-state index in [0.717, 1.165) is 12.5 Å². The molecule has 2 aromatic rings. The van der Waals surface area contributed by atoms with E-state index < -0.39 is 59.1 Å². The third-order valence-electron chi connectivity index (χ3n) is 5.76. The molecule has 0 radical (unpaired) electrons. The van der Waals surface area contributed by atoms with E-state index in [1.54, 1.807) is 0 Å². The number of ether oxygens (including phenoxy) is 1. The minimum absolute atomic E-state index is 0.0239. The van der Waals surface area contributed by atoms with Crippen molar-refractivity contribution in [1.29, 1.82) is 0 Å².